The molecule has 54 valence electrons. The van der Waals surface area contributed by atoms with Gasteiger partial charge in [-0.1, -0.05) is 0 Å². The summed E-state index contributed by atoms with van der Waals surface area (Å²) in [4.78, 5) is 2.08. The maximum absolute atomic E-state index is 5.27. The van der Waals surface area contributed by atoms with Gasteiger partial charge in [-0.25, -0.2) is 0 Å². The van der Waals surface area contributed by atoms with Crippen LogP contribution in [0, 0.1) is 7.05 Å². The van der Waals surface area contributed by atoms with Crippen LogP contribution in [0.1, 0.15) is 13.8 Å². The van der Waals surface area contributed by atoms with Crippen molar-refractivity contribution in [3.8, 4) is 0 Å². The summed E-state index contributed by atoms with van der Waals surface area (Å²) in [6, 6.07) is 0. The number of hydrogen-bond acceptors (Lipinski definition) is 2. The molecule has 0 aromatic heterocycles. The fraction of sp³-hybridized carbons (Fsp3) is 0.857. The minimum absolute atomic E-state index is 0.137. The highest BCUT2D eigenvalue weighted by molar-refractivity contribution is 4.83. The smallest absolute Gasteiger partial charge is 0.0621 e. The van der Waals surface area contributed by atoms with Gasteiger partial charge in [0, 0.05) is 5.54 Å². The highest BCUT2D eigenvalue weighted by atomic mass is 16.5. The topological polar surface area (TPSA) is 12.5 Å². The van der Waals surface area contributed by atoms with Crippen LogP contribution in [-0.2, 0) is 4.74 Å². The van der Waals surface area contributed by atoms with Gasteiger partial charge in [-0.3, -0.25) is 7.05 Å². The third-order valence-corrected chi connectivity index (χ3v) is 1.82. The average Bonchev–Trinajstić information content (AvgIpc) is 1.77. The molecule has 0 aliphatic carbocycles. The quantitative estimate of drug-likeness (QED) is 0.449. The van der Waals surface area contributed by atoms with Gasteiger partial charge in [-0.2, -0.15) is 0 Å². The van der Waals surface area contributed by atoms with Crippen LogP contribution in [-0.4, -0.2) is 30.2 Å². The Bertz CT molecular complexity index is 101. The van der Waals surface area contributed by atoms with Crippen molar-refractivity contribution in [2.24, 2.45) is 0 Å². The number of nitrogens with zero attached hydrogens (tertiary/aromatic N) is 1. The maximum atomic E-state index is 5.27. The molecule has 0 aromatic carbocycles. The highest BCUT2D eigenvalue weighted by Gasteiger charge is 2.22. The number of morpholine rings is 1. The van der Waals surface area contributed by atoms with Gasteiger partial charge in [0.2, 0.25) is 0 Å². The molecule has 0 unspecified atom stereocenters. The van der Waals surface area contributed by atoms with Crippen LogP contribution in [0.5, 0.6) is 0 Å². The molecule has 0 spiro atoms. The summed E-state index contributed by atoms with van der Waals surface area (Å²) in [6.45, 7) is 6.86. The number of hydrogen-bond donors (Lipinski definition) is 0. The third kappa shape index (κ3) is 1.43. The van der Waals surface area contributed by atoms with Crippen LogP contribution in [0.25, 0.3) is 0 Å². The number of ether oxygens (including phenoxy) is 1. The van der Waals surface area contributed by atoms with Crippen LogP contribution in [0.15, 0.2) is 0 Å². The zero-order chi connectivity index (χ0) is 6.91. The van der Waals surface area contributed by atoms with E-state index in [-0.39, 0.29) is 5.54 Å². The van der Waals surface area contributed by atoms with E-state index < -0.39 is 0 Å². The molecule has 0 N–H and O–H groups in total. The first-order valence-electron chi connectivity index (χ1n) is 3.29. The second-order valence-corrected chi connectivity index (χ2v) is 3.13. The molecule has 1 aliphatic rings. The lowest BCUT2D eigenvalue weighted by Gasteiger charge is -2.45. The Hall–Kier alpha value is -0.0800. The summed E-state index contributed by atoms with van der Waals surface area (Å²) in [6.07, 6.45) is 0. The van der Waals surface area contributed by atoms with Gasteiger partial charge >= 0.3 is 0 Å². The van der Waals surface area contributed by atoms with Crippen molar-refractivity contribution in [2.45, 2.75) is 19.4 Å². The molecule has 0 radical (unpaired) electrons. The lowest BCUT2D eigenvalue weighted by molar-refractivity contribution is -0.0278. The summed E-state index contributed by atoms with van der Waals surface area (Å²) in [7, 11) is 3.90. The molecule has 1 saturated heterocycles. The molecule has 0 bridgehead atoms. The average molecular weight is 128 g/mol. The van der Waals surface area contributed by atoms with Gasteiger partial charge in [0.1, 0.15) is 0 Å². The van der Waals surface area contributed by atoms with Crippen molar-refractivity contribution in [3.05, 3.63) is 7.05 Å². The lowest BCUT2D eigenvalue weighted by atomic mass is 10.0. The molecule has 1 fully saturated rings. The predicted octanol–water partition coefficient (Wildman–Crippen LogP) is 0.889. The third-order valence-electron chi connectivity index (χ3n) is 1.82. The van der Waals surface area contributed by atoms with E-state index in [0.717, 1.165) is 19.8 Å². The second kappa shape index (κ2) is 2.27. The van der Waals surface area contributed by atoms with Gasteiger partial charge < -0.3 is 9.64 Å². The second-order valence-electron chi connectivity index (χ2n) is 3.13. The normalized spacial score (nSPS) is 28.3. The van der Waals surface area contributed by atoms with Gasteiger partial charge in [-0.05, 0) is 20.4 Å². The first-order chi connectivity index (χ1) is 4.13. The van der Waals surface area contributed by atoms with E-state index in [1.54, 1.807) is 0 Å². The van der Waals surface area contributed by atoms with Crippen LogP contribution in [0.4, 0.5) is 0 Å². The fourth-order valence-electron chi connectivity index (χ4n) is 0.891. The molecular formula is C7H14NO-. The predicted molar refractivity (Wildman–Crippen MR) is 37.0 cm³/mol. The summed E-state index contributed by atoms with van der Waals surface area (Å²) in [5, 5.41) is 0. The summed E-state index contributed by atoms with van der Waals surface area (Å²) < 4.78 is 5.27. The van der Waals surface area contributed by atoms with Gasteiger partial charge in [0.25, 0.3) is 0 Å². The molecular weight excluding hydrogens is 114 g/mol. The molecule has 1 aliphatic heterocycles. The summed E-state index contributed by atoms with van der Waals surface area (Å²) in [5.74, 6) is 0. The van der Waals surface area contributed by atoms with Crippen molar-refractivity contribution < 1.29 is 4.74 Å². The fourth-order valence-corrected chi connectivity index (χ4v) is 0.891. The van der Waals surface area contributed by atoms with Crippen LogP contribution >= 0.6 is 0 Å². The molecule has 2 nitrogen and oxygen atoms in total. The largest absolute Gasteiger partial charge is 0.451 e. The molecule has 0 amide bonds. The molecule has 9 heavy (non-hydrogen) atoms. The first kappa shape index (κ1) is 7.03. The first-order valence-corrected chi connectivity index (χ1v) is 3.29. The van der Waals surface area contributed by atoms with Crippen molar-refractivity contribution >= 4 is 0 Å². The Balaban J connectivity index is 2.49. The van der Waals surface area contributed by atoms with Crippen molar-refractivity contribution in [1.82, 2.24) is 4.90 Å². The Morgan fingerprint density at radius 1 is 1.56 bits per heavy atom. The Morgan fingerprint density at radius 2 is 2.22 bits per heavy atom. The summed E-state index contributed by atoms with van der Waals surface area (Å²) in [5.41, 5.74) is 0.137. The monoisotopic (exact) mass is 128 g/mol. The molecule has 1 heterocycles. The molecule has 0 saturated carbocycles. The molecule has 0 aromatic rings. The van der Waals surface area contributed by atoms with E-state index in [1.807, 2.05) is 0 Å². The van der Waals surface area contributed by atoms with Crippen molar-refractivity contribution in [2.75, 3.05) is 19.8 Å². The lowest BCUT2D eigenvalue weighted by Crippen LogP contribution is -2.49. The van der Waals surface area contributed by atoms with Gasteiger partial charge in [0.05, 0.1) is 13.2 Å². The highest BCUT2D eigenvalue weighted by Crippen LogP contribution is 2.16. The number of rotatable bonds is 0. The van der Waals surface area contributed by atoms with Crippen molar-refractivity contribution in [3.63, 3.8) is 0 Å². The van der Waals surface area contributed by atoms with Crippen molar-refractivity contribution in [1.29, 1.82) is 0 Å². The van der Waals surface area contributed by atoms with E-state index in [1.165, 1.54) is 0 Å². The van der Waals surface area contributed by atoms with E-state index >= 15 is 0 Å². The Labute approximate surface area is 56.8 Å². The Morgan fingerprint density at radius 3 is 2.56 bits per heavy atom. The molecule has 0 atom stereocenters. The van der Waals surface area contributed by atoms with E-state index in [4.69, 9.17) is 4.74 Å². The molecule has 1 rings (SSSR count). The van der Waals surface area contributed by atoms with E-state index in [2.05, 4.69) is 25.8 Å². The van der Waals surface area contributed by atoms with E-state index in [9.17, 15) is 0 Å². The van der Waals surface area contributed by atoms with Gasteiger partial charge in [0.15, 0.2) is 0 Å². The summed E-state index contributed by atoms with van der Waals surface area (Å²) >= 11 is 0. The minimum Gasteiger partial charge on any atom is -0.451 e. The van der Waals surface area contributed by atoms with Crippen LogP contribution < -0.4 is 0 Å². The Kier molecular flexibility index (Phi) is 1.78. The zero-order valence-corrected chi connectivity index (χ0v) is 6.18. The minimum atomic E-state index is 0.137. The van der Waals surface area contributed by atoms with Gasteiger partial charge in [-0.15, -0.1) is 0 Å². The molecule has 2 heteroatoms. The van der Waals surface area contributed by atoms with E-state index in [0.29, 0.717) is 0 Å². The van der Waals surface area contributed by atoms with Crippen LogP contribution in [0.3, 0.4) is 0 Å². The maximum Gasteiger partial charge on any atom is 0.0621 e. The van der Waals surface area contributed by atoms with Crippen LogP contribution in [0.2, 0.25) is 0 Å². The standard InChI is InChI=1S/C7H14NO/c1-7(2)6-9-5-4-8(7)3/h3-6H2,1-2H3/q-1. The SMILES string of the molecule is [CH2-]N1CCOCC1(C)C. The zero-order valence-electron chi connectivity index (χ0n) is 6.18.